The first kappa shape index (κ1) is 25.2. The van der Waals surface area contributed by atoms with Crippen LogP contribution < -0.4 is 0 Å². The van der Waals surface area contributed by atoms with E-state index < -0.39 is 0 Å². The monoisotopic (exact) mass is 579 g/mol. The first-order valence-electron chi connectivity index (χ1n) is 14.8. The molecule has 0 aliphatic heterocycles. The summed E-state index contributed by atoms with van der Waals surface area (Å²) in [5, 5.41) is 14.3. The predicted octanol–water partition coefficient (Wildman–Crippen LogP) is 10.7. The highest BCUT2D eigenvalue weighted by Gasteiger charge is 2.36. The highest BCUT2D eigenvalue weighted by atomic mass is 32.1. The van der Waals surface area contributed by atoms with E-state index >= 15 is 0 Å². The van der Waals surface area contributed by atoms with Gasteiger partial charge in [-0.1, -0.05) is 74.5 Å². The fraction of sp³-hybridized carbons (Fsp3) is 0.0750. The Kier molecular flexibility index (Phi) is 5.18. The second kappa shape index (κ2) is 9.07. The Labute approximate surface area is 258 Å². The molecule has 3 heterocycles. The van der Waals surface area contributed by atoms with E-state index in [1.807, 2.05) is 29.7 Å². The average molecular weight is 580 g/mol. The summed E-state index contributed by atoms with van der Waals surface area (Å²) in [6, 6.07) is 41.2. The lowest BCUT2D eigenvalue weighted by atomic mass is 9.81. The number of thiophene rings is 1. The van der Waals surface area contributed by atoms with Gasteiger partial charge in [0.1, 0.15) is 0 Å². The quantitative estimate of drug-likeness (QED) is 0.191. The summed E-state index contributed by atoms with van der Waals surface area (Å²) in [6.07, 6.45) is 1.84. The van der Waals surface area contributed by atoms with Crippen molar-refractivity contribution < 1.29 is 0 Å². The van der Waals surface area contributed by atoms with Crippen LogP contribution in [0.15, 0.2) is 115 Å². The molecule has 206 valence electrons. The number of rotatable bonds is 2. The van der Waals surface area contributed by atoms with E-state index in [0.717, 1.165) is 33.1 Å². The molecular weight excluding hydrogens is 555 g/mol. The van der Waals surface area contributed by atoms with Crippen molar-refractivity contribution in [3.8, 4) is 39.6 Å². The number of aromatic nitrogens is 2. The number of pyridine rings is 2. The molecule has 0 bridgehead atoms. The number of fused-ring (bicyclic) bond motifs is 9. The van der Waals surface area contributed by atoms with Gasteiger partial charge < -0.3 is 0 Å². The summed E-state index contributed by atoms with van der Waals surface area (Å²) in [5.74, 6) is 0. The molecule has 9 rings (SSSR count). The van der Waals surface area contributed by atoms with Crippen LogP contribution in [0, 0.1) is 11.3 Å². The van der Waals surface area contributed by atoms with Gasteiger partial charge in [-0.15, -0.1) is 11.3 Å². The Morgan fingerprint density at radius 2 is 1.43 bits per heavy atom. The Hall–Kier alpha value is -5.37. The van der Waals surface area contributed by atoms with Gasteiger partial charge in [0, 0.05) is 48.1 Å². The second-order valence-electron chi connectivity index (χ2n) is 12.2. The van der Waals surface area contributed by atoms with Gasteiger partial charge in [-0.05, 0) is 81.9 Å². The van der Waals surface area contributed by atoms with Crippen LogP contribution in [0.1, 0.15) is 30.5 Å². The molecule has 44 heavy (non-hydrogen) atoms. The van der Waals surface area contributed by atoms with E-state index in [-0.39, 0.29) is 5.41 Å². The third kappa shape index (κ3) is 3.54. The fourth-order valence-electron chi connectivity index (χ4n) is 7.09. The van der Waals surface area contributed by atoms with Crippen molar-refractivity contribution in [2.75, 3.05) is 0 Å². The van der Waals surface area contributed by atoms with E-state index in [0.29, 0.717) is 5.56 Å². The predicted molar refractivity (Wildman–Crippen MR) is 183 cm³/mol. The van der Waals surface area contributed by atoms with Gasteiger partial charge in [-0.25, -0.2) is 4.98 Å². The number of nitriles is 1. The minimum atomic E-state index is -0.188. The summed E-state index contributed by atoms with van der Waals surface area (Å²) in [4.78, 5) is 9.79. The molecule has 0 atom stereocenters. The highest BCUT2D eigenvalue weighted by Crippen LogP contribution is 2.51. The lowest BCUT2D eigenvalue weighted by Gasteiger charge is -2.22. The lowest BCUT2D eigenvalue weighted by Crippen LogP contribution is -2.15. The first-order chi connectivity index (χ1) is 21.5. The van der Waals surface area contributed by atoms with Gasteiger partial charge >= 0.3 is 0 Å². The molecule has 0 radical (unpaired) electrons. The van der Waals surface area contributed by atoms with Crippen LogP contribution in [0.3, 0.4) is 0 Å². The van der Waals surface area contributed by atoms with Crippen molar-refractivity contribution >= 4 is 53.3 Å². The lowest BCUT2D eigenvalue weighted by molar-refractivity contribution is 0.660. The molecule has 1 aliphatic carbocycles. The van der Waals surface area contributed by atoms with Crippen LogP contribution >= 0.6 is 11.3 Å². The molecule has 0 amide bonds. The standard InChI is InChI=1S/C40H25N3S/c1-40(2)32-19-23(22-41)8-14-29(32)30-15-11-26(21-33(30)40)28-6-3-7-36-37(28)31-20-27(13-17-35(31)44-36)34-16-12-25-10-9-24-5-4-18-42-38(24)39(25)43-34/h3-21H,1-2H3. The van der Waals surface area contributed by atoms with Crippen molar-refractivity contribution in [1.29, 1.82) is 5.26 Å². The molecule has 0 spiro atoms. The Bertz CT molecular complexity index is 2550. The molecule has 0 unspecified atom stereocenters. The molecule has 5 aromatic carbocycles. The number of nitrogens with zero attached hydrogens (tertiary/aromatic N) is 3. The Morgan fingerprint density at radius 1 is 0.659 bits per heavy atom. The van der Waals surface area contributed by atoms with Gasteiger partial charge in [0.05, 0.1) is 28.4 Å². The first-order valence-corrected chi connectivity index (χ1v) is 15.6. The largest absolute Gasteiger partial charge is 0.254 e. The Morgan fingerprint density at radius 3 is 2.30 bits per heavy atom. The topological polar surface area (TPSA) is 49.6 Å². The zero-order chi connectivity index (χ0) is 29.6. The minimum Gasteiger partial charge on any atom is -0.254 e. The van der Waals surface area contributed by atoms with E-state index in [4.69, 9.17) is 4.98 Å². The van der Waals surface area contributed by atoms with Crippen LogP contribution in [0.25, 0.3) is 75.5 Å². The fourth-order valence-corrected chi connectivity index (χ4v) is 8.20. The highest BCUT2D eigenvalue weighted by molar-refractivity contribution is 7.26. The van der Waals surface area contributed by atoms with Gasteiger partial charge in [0.25, 0.3) is 0 Å². The number of hydrogen-bond donors (Lipinski definition) is 0. The molecule has 0 saturated heterocycles. The number of hydrogen-bond acceptors (Lipinski definition) is 4. The molecular formula is C40H25N3S. The van der Waals surface area contributed by atoms with Crippen molar-refractivity contribution in [2.24, 2.45) is 0 Å². The Balaban J connectivity index is 1.22. The average Bonchev–Trinajstić information content (AvgIpc) is 3.55. The summed E-state index contributed by atoms with van der Waals surface area (Å²) in [7, 11) is 0. The smallest absolute Gasteiger partial charge is 0.0991 e. The molecule has 0 saturated carbocycles. The molecule has 4 heteroatoms. The SMILES string of the molecule is CC1(C)c2cc(C#N)ccc2-c2ccc(-c3cccc4sc5ccc(-c6ccc7ccc8cccnc8c7n6)cc5c34)cc21. The molecule has 1 aliphatic rings. The zero-order valence-electron chi connectivity index (χ0n) is 24.2. The zero-order valence-corrected chi connectivity index (χ0v) is 25.0. The van der Waals surface area contributed by atoms with E-state index in [2.05, 4.69) is 122 Å². The van der Waals surface area contributed by atoms with Crippen LogP contribution in [-0.4, -0.2) is 9.97 Å². The minimum absolute atomic E-state index is 0.188. The molecule has 0 N–H and O–H groups in total. The molecule has 8 aromatic rings. The van der Waals surface area contributed by atoms with Crippen molar-refractivity contribution in [1.82, 2.24) is 9.97 Å². The normalized spacial score (nSPS) is 13.4. The maximum Gasteiger partial charge on any atom is 0.0991 e. The molecule has 3 aromatic heterocycles. The van der Waals surface area contributed by atoms with E-state index in [1.54, 1.807) is 0 Å². The van der Waals surface area contributed by atoms with Crippen LogP contribution in [-0.2, 0) is 5.41 Å². The maximum atomic E-state index is 9.54. The van der Waals surface area contributed by atoms with Gasteiger partial charge in [-0.2, -0.15) is 5.26 Å². The van der Waals surface area contributed by atoms with Gasteiger partial charge in [-0.3, -0.25) is 4.98 Å². The van der Waals surface area contributed by atoms with E-state index in [9.17, 15) is 5.26 Å². The summed E-state index contributed by atoms with van der Waals surface area (Å²) in [6.45, 7) is 4.54. The molecule has 0 fully saturated rings. The van der Waals surface area contributed by atoms with Gasteiger partial charge in [0.15, 0.2) is 0 Å². The van der Waals surface area contributed by atoms with Crippen molar-refractivity contribution in [3.63, 3.8) is 0 Å². The van der Waals surface area contributed by atoms with Crippen molar-refractivity contribution in [3.05, 3.63) is 132 Å². The van der Waals surface area contributed by atoms with Crippen LogP contribution in [0.4, 0.5) is 0 Å². The third-order valence-electron chi connectivity index (χ3n) is 9.34. The van der Waals surface area contributed by atoms with Crippen LogP contribution in [0.5, 0.6) is 0 Å². The van der Waals surface area contributed by atoms with Crippen LogP contribution in [0.2, 0.25) is 0 Å². The summed E-state index contributed by atoms with van der Waals surface area (Å²) in [5.41, 5.74) is 11.9. The molecule has 3 nitrogen and oxygen atoms in total. The third-order valence-corrected chi connectivity index (χ3v) is 10.5. The summed E-state index contributed by atoms with van der Waals surface area (Å²) >= 11 is 1.84. The van der Waals surface area contributed by atoms with E-state index in [1.165, 1.54) is 53.6 Å². The second-order valence-corrected chi connectivity index (χ2v) is 13.2. The van der Waals surface area contributed by atoms with Gasteiger partial charge in [0.2, 0.25) is 0 Å². The number of benzene rings is 5. The van der Waals surface area contributed by atoms with Crippen molar-refractivity contribution in [2.45, 2.75) is 19.3 Å². The maximum absolute atomic E-state index is 9.54. The summed E-state index contributed by atoms with van der Waals surface area (Å²) < 4.78 is 2.54.